The highest BCUT2D eigenvalue weighted by Gasteiger charge is 2.48. The van der Waals surface area contributed by atoms with Crippen LogP contribution >= 0.6 is 11.3 Å². The van der Waals surface area contributed by atoms with Crippen molar-refractivity contribution in [3.63, 3.8) is 0 Å². The Morgan fingerprint density at radius 3 is 2.49 bits per heavy atom. The summed E-state index contributed by atoms with van der Waals surface area (Å²) in [6, 6.07) is 20.5. The molecule has 2 N–H and O–H groups in total. The van der Waals surface area contributed by atoms with Gasteiger partial charge in [0, 0.05) is 10.6 Å². The first kappa shape index (κ1) is 24.3. The number of anilines is 1. The topological polar surface area (TPSA) is 91.0 Å². The first-order chi connectivity index (χ1) is 16.9. The average molecular weight is 493 g/mol. The maximum Gasteiger partial charge on any atom is 0.344 e. The summed E-state index contributed by atoms with van der Waals surface area (Å²) in [5, 5.41) is 5.51. The maximum atomic E-state index is 13.1. The Hall–Kier alpha value is -3.85. The number of benzene rings is 2. The van der Waals surface area contributed by atoms with Gasteiger partial charge >= 0.3 is 6.03 Å². The molecule has 182 valence electrons. The highest BCUT2D eigenvalue weighted by molar-refractivity contribution is 7.09. The predicted octanol–water partition coefficient (Wildman–Crippen LogP) is 3.74. The molecule has 4 amide bonds. The second-order valence-electron chi connectivity index (χ2n) is 8.56. The van der Waals surface area contributed by atoms with Gasteiger partial charge in [-0.2, -0.15) is 5.01 Å². The van der Waals surface area contributed by atoms with Gasteiger partial charge in [0.25, 0.3) is 11.8 Å². The van der Waals surface area contributed by atoms with Gasteiger partial charge in [-0.05, 0) is 61.0 Å². The van der Waals surface area contributed by atoms with Crippen LogP contribution in [0.5, 0.6) is 5.75 Å². The zero-order valence-electron chi connectivity index (χ0n) is 19.7. The van der Waals surface area contributed by atoms with Crippen LogP contribution < -0.4 is 20.4 Å². The number of urea groups is 1. The number of carbonyl (C=O) groups is 3. The van der Waals surface area contributed by atoms with Gasteiger partial charge < -0.3 is 15.0 Å². The Morgan fingerprint density at radius 1 is 1.09 bits per heavy atom. The molecule has 0 saturated carbocycles. The van der Waals surface area contributed by atoms with Crippen LogP contribution in [0.4, 0.5) is 10.5 Å². The third-order valence-corrected chi connectivity index (χ3v) is 6.81. The standard InChI is InChI=1S/C26H28N4O4S/c1-26(15-14-19-7-4-3-5-8-19)24(32)30(25(33)27-26)28-23(31)18-29(17-22-9-6-16-35-22)20-10-12-21(34-2)13-11-20/h3-13,16H,14-15,17-18H2,1-2H3,(H,27,33)(H,28,31). The van der Waals surface area contributed by atoms with Gasteiger partial charge in [-0.3, -0.25) is 15.0 Å². The quantitative estimate of drug-likeness (QED) is 0.421. The smallest absolute Gasteiger partial charge is 0.344 e. The zero-order valence-corrected chi connectivity index (χ0v) is 20.5. The van der Waals surface area contributed by atoms with Crippen molar-refractivity contribution in [1.82, 2.24) is 15.8 Å². The van der Waals surface area contributed by atoms with Gasteiger partial charge in [-0.15, -0.1) is 11.3 Å². The van der Waals surface area contributed by atoms with Crippen LogP contribution in [0.15, 0.2) is 72.1 Å². The van der Waals surface area contributed by atoms with Crippen LogP contribution in [-0.4, -0.2) is 42.0 Å². The van der Waals surface area contributed by atoms with E-state index in [0.29, 0.717) is 25.1 Å². The SMILES string of the molecule is COc1ccc(N(CC(=O)NN2C(=O)NC(C)(CCc3ccccc3)C2=O)Cc2cccs2)cc1. The summed E-state index contributed by atoms with van der Waals surface area (Å²) >= 11 is 1.59. The number of thiophene rings is 1. The highest BCUT2D eigenvalue weighted by Crippen LogP contribution is 2.24. The zero-order chi connectivity index (χ0) is 24.8. The van der Waals surface area contributed by atoms with E-state index in [0.717, 1.165) is 21.1 Å². The number of methoxy groups -OCH3 is 1. The minimum atomic E-state index is -1.09. The fraction of sp³-hybridized carbons (Fsp3) is 0.269. The van der Waals surface area contributed by atoms with E-state index in [1.165, 1.54) is 0 Å². The first-order valence-corrected chi connectivity index (χ1v) is 12.2. The molecule has 2 heterocycles. The summed E-state index contributed by atoms with van der Waals surface area (Å²) in [5.74, 6) is -0.224. The van der Waals surface area contributed by atoms with Crippen molar-refractivity contribution in [3.05, 3.63) is 82.6 Å². The predicted molar refractivity (Wildman–Crippen MR) is 135 cm³/mol. The van der Waals surface area contributed by atoms with Crippen LogP contribution in [0.3, 0.4) is 0 Å². The molecule has 2 aromatic carbocycles. The molecule has 0 aliphatic carbocycles. The fourth-order valence-corrected chi connectivity index (χ4v) is 4.67. The van der Waals surface area contributed by atoms with E-state index >= 15 is 0 Å². The lowest BCUT2D eigenvalue weighted by molar-refractivity contribution is -0.138. The van der Waals surface area contributed by atoms with E-state index in [2.05, 4.69) is 10.7 Å². The third-order valence-electron chi connectivity index (χ3n) is 5.95. The highest BCUT2D eigenvalue weighted by atomic mass is 32.1. The number of nitrogens with zero attached hydrogens (tertiary/aromatic N) is 2. The van der Waals surface area contributed by atoms with Gasteiger partial charge in [-0.25, -0.2) is 4.79 Å². The van der Waals surface area contributed by atoms with Gasteiger partial charge in [-0.1, -0.05) is 36.4 Å². The summed E-state index contributed by atoms with van der Waals surface area (Å²) in [7, 11) is 1.59. The number of nitrogens with one attached hydrogen (secondary N) is 2. The van der Waals surface area contributed by atoms with E-state index < -0.39 is 23.4 Å². The summed E-state index contributed by atoms with van der Waals surface area (Å²) in [6.45, 7) is 2.15. The lowest BCUT2D eigenvalue weighted by atomic mass is 9.93. The second-order valence-corrected chi connectivity index (χ2v) is 9.59. The Balaban J connectivity index is 1.42. The molecular formula is C26H28N4O4S. The molecule has 3 aromatic rings. The van der Waals surface area contributed by atoms with Crippen LogP contribution in [0.2, 0.25) is 0 Å². The largest absolute Gasteiger partial charge is 0.497 e. The Morgan fingerprint density at radius 2 is 1.83 bits per heavy atom. The van der Waals surface area contributed by atoms with Crippen molar-refractivity contribution in [2.24, 2.45) is 0 Å². The Kier molecular flexibility index (Phi) is 7.36. The minimum absolute atomic E-state index is 0.0397. The van der Waals surface area contributed by atoms with Crippen molar-refractivity contribution in [2.75, 3.05) is 18.6 Å². The van der Waals surface area contributed by atoms with E-state index in [1.807, 2.05) is 77.0 Å². The van der Waals surface area contributed by atoms with Crippen molar-refractivity contribution in [3.8, 4) is 5.75 Å². The summed E-state index contributed by atoms with van der Waals surface area (Å²) in [4.78, 5) is 41.6. The van der Waals surface area contributed by atoms with E-state index in [-0.39, 0.29) is 6.54 Å². The third kappa shape index (κ3) is 5.81. The summed E-state index contributed by atoms with van der Waals surface area (Å²) < 4.78 is 5.23. The number of hydrogen-bond donors (Lipinski definition) is 2. The van der Waals surface area contributed by atoms with Gasteiger partial charge in [0.1, 0.15) is 11.3 Å². The molecule has 8 nitrogen and oxygen atoms in total. The molecule has 1 fully saturated rings. The molecule has 0 spiro atoms. The molecule has 1 aliphatic heterocycles. The van der Waals surface area contributed by atoms with E-state index in [4.69, 9.17) is 4.74 Å². The summed E-state index contributed by atoms with van der Waals surface area (Å²) in [6.07, 6.45) is 1.04. The Bertz CT molecular complexity index is 1170. The molecule has 1 unspecified atom stereocenters. The number of aryl methyl sites for hydroxylation is 1. The number of carbonyl (C=O) groups excluding carboxylic acids is 3. The number of ether oxygens (including phenoxy) is 1. The van der Waals surface area contributed by atoms with E-state index in [1.54, 1.807) is 25.4 Å². The van der Waals surface area contributed by atoms with Gasteiger partial charge in [0.15, 0.2) is 0 Å². The maximum absolute atomic E-state index is 13.1. The molecular weight excluding hydrogens is 464 g/mol. The van der Waals surface area contributed by atoms with Gasteiger partial charge in [0.2, 0.25) is 0 Å². The number of imide groups is 1. The molecule has 1 saturated heterocycles. The van der Waals surface area contributed by atoms with Crippen LogP contribution in [0.25, 0.3) is 0 Å². The molecule has 0 radical (unpaired) electrons. The van der Waals surface area contributed by atoms with Crippen LogP contribution in [-0.2, 0) is 22.6 Å². The van der Waals surface area contributed by atoms with Crippen molar-refractivity contribution in [2.45, 2.75) is 31.8 Å². The molecule has 1 aromatic heterocycles. The fourth-order valence-electron chi connectivity index (χ4n) is 3.95. The molecule has 9 heteroatoms. The first-order valence-electron chi connectivity index (χ1n) is 11.3. The number of amides is 4. The Labute approximate surface area is 208 Å². The van der Waals surface area contributed by atoms with Crippen molar-refractivity contribution < 1.29 is 19.1 Å². The second kappa shape index (κ2) is 10.6. The normalized spacial score (nSPS) is 17.3. The number of rotatable bonds is 10. The van der Waals surface area contributed by atoms with Crippen molar-refractivity contribution >= 4 is 34.9 Å². The molecule has 1 atom stereocenters. The molecule has 35 heavy (non-hydrogen) atoms. The molecule has 0 bridgehead atoms. The number of hydrogen-bond acceptors (Lipinski definition) is 6. The lowest BCUT2D eigenvalue weighted by Gasteiger charge is -2.25. The van der Waals surface area contributed by atoms with E-state index in [9.17, 15) is 14.4 Å². The number of hydrazine groups is 1. The van der Waals surface area contributed by atoms with Crippen molar-refractivity contribution in [1.29, 1.82) is 0 Å². The average Bonchev–Trinajstić information content (AvgIpc) is 3.45. The monoisotopic (exact) mass is 492 g/mol. The van der Waals surface area contributed by atoms with Crippen LogP contribution in [0, 0.1) is 0 Å². The summed E-state index contributed by atoms with van der Waals surface area (Å²) in [5.41, 5.74) is 3.30. The van der Waals surface area contributed by atoms with Gasteiger partial charge in [0.05, 0.1) is 20.2 Å². The molecule has 1 aliphatic rings. The van der Waals surface area contributed by atoms with Crippen LogP contribution in [0.1, 0.15) is 23.8 Å². The molecule has 4 rings (SSSR count). The lowest BCUT2D eigenvalue weighted by Crippen LogP contribution is -2.51. The minimum Gasteiger partial charge on any atom is -0.497 e.